The van der Waals surface area contributed by atoms with Crippen molar-refractivity contribution < 1.29 is 4.79 Å². The average Bonchev–Trinajstić information content (AvgIpc) is 3.29. The number of hydrogen-bond acceptors (Lipinski definition) is 4. The van der Waals surface area contributed by atoms with E-state index in [2.05, 4.69) is 76.6 Å². The quantitative estimate of drug-likeness (QED) is 0.145. The lowest BCUT2D eigenvalue weighted by molar-refractivity contribution is -0.118. The van der Waals surface area contributed by atoms with Crippen molar-refractivity contribution in [3.05, 3.63) is 120 Å². The van der Waals surface area contributed by atoms with Crippen LogP contribution >= 0.6 is 11.8 Å². The topological polar surface area (TPSA) is 59.3 Å². The summed E-state index contributed by atoms with van der Waals surface area (Å²) < 4.78 is 2.17. The van der Waals surface area contributed by atoms with Crippen LogP contribution in [0, 0.1) is 6.92 Å². The standard InChI is InChI=1S/C31H28N4OS/c1-22-12-14-24(15-13-22)20-35-29-11-7-6-10-28(29)32-31(35)37-21-30(36)34-33-23(2)25-16-18-27(19-17-25)26-8-4-3-5-9-26/h3-19H,20-21H2,1-2H3,(H,34,36)/b33-23+. The maximum Gasteiger partial charge on any atom is 0.250 e. The summed E-state index contributed by atoms with van der Waals surface area (Å²) >= 11 is 1.42. The molecule has 5 nitrogen and oxygen atoms in total. The van der Waals surface area contributed by atoms with Gasteiger partial charge in [0.25, 0.3) is 5.91 Å². The third-order valence-electron chi connectivity index (χ3n) is 6.17. The summed E-state index contributed by atoms with van der Waals surface area (Å²) in [5.74, 6) is 0.0557. The zero-order chi connectivity index (χ0) is 25.6. The number of benzene rings is 4. The van der Waals surface area contributed by atoms with Gasteiger partial charge < -0.3 is 4.57 Å². The first-order chi connectivity index (χ1) is 18.1. The van der Waals surface area contributed by atoms with Gasteiger partial charge in [-0.15, -0.1) is 0 Å². The molecule has 0 atom stereocenters. The summed E-state index contributed by atoms with van der Waals surface area (Å²) in [5, 5.41) is 5.14. The van der Waals surface area contributed by atoms with Gasteiger partial charge in [0.2, 0.25) is 0 Å². The van der Waals surface area contributed by atoms with Crippen molar-refractivity contribution >= 4 is 34.4 Å². The van der Waals surface area contributed by atoms with Crippen LogP contribution in [0.15, 0.2) is 113 Å². The number of nitrogens with one attached hydrogen (secondary N) is 1. The van der Waals surface area contributed by atoms with Crippen molar-refractivity contribution in [1.82, 2.24) is 15.0 Å². The van der Waals surface area contributed by atoms with Gasteiger partial charge in [-0.3, -0.25) is 4.79 Å². The molecule has 1 aromatic heterocycles. The molecular weight excluding hydrogens is 476 g/mol. The number of nitrogens with zero attached hydrogens (tertiary/aromatic N) is 3. The predicted molar refractivity (Wildman–Crippen MR) is 153 cm³/mol. The second-order valence-electron chi connectivity index (χ2n) is 8.92. The molecule has 1 heterocycles. The third-order valence-corrected chi connectivity index (χ3v) is 7.15. The lowest BCUT2D eigenvalue weighted by Crippen LogP contribution is -2.21. The zero-order valence-corrected chi connectivity index (χ0v) is 21.7. The highest BCUT2D eigenvalue weighted by molar-refractivity contribution is 7.99. The number of carbonyl (C=O) groups is 1. The Morgan fingerprint density at radius 2 is 1.54 bits per heavy atom. The van der Waals surface area contributed by atoms with Crippen molar-refractivity contribution in [2.24, 2.45) is 5.10 Å². The van der Waals surface area contributed by atoms with Gasteiger partial charge in [0.1, 0.15) is 0 Å². The fourth-order valence-corrected chi connectivity index (χ4v) is 4.91. The van der Waals surface area contributed by atoms with Crippen LogP contribution in [0.1, 0.15) is 23.6 Å². The minimum Gasteiger partial charge on any atom is -0.314 e. The highest BCUT2D eigenvalue weighted by atomic mass is 32.2. The number of amides is 1. The molecule has 0 fully saturated rings. The van der Waals surface area contributed by atoms with Gasteiger partial charge in [-0.05, 0) is 48.2 Å². The van der Waals surface area contributed by atoms with Gasteiger partial charge in [0.15, 0.2) is 5.16 Å². The number of hydrogen-bond donors (Lipinski definition) is 1. The summed E-state index contributed by atoms with van der Waals surface area (Å²) in [6, 6.07) is 35.0. The van der Waals surface area contributed by atoms with E-state index in [9.17, 15) is 4.79 Å². The number of para-hydroxylation sites is 2. The predicted octanol–water partition coefficient (Wildman–Crippen LogP) is 6.69. The second-order valence-corrected chi connectivity index (χ2v) is 9.86. The van der Waals surface area contributed by atoms with Gasteiger partial charge in [0, 0.05) is 0 Å². The number of imidazole rings is 1. The van der Waals surface area contributed by atoms with Gasteiger partial charge >= 0.3 is 0 Å². The molecule has 37 heavy (non-hydrogen) atoms. The fourth-order valence-electron chi connectivity index (χ4n) is 4.10. The average molecular weight is 505 g/mol. The molecule has 6 heteroatoms. The highest BCUT2D eigenvalue weighted by Gasteiger charge is 2.13. The summed E-state index contributed by atoms with van der Waals surface area (Å²) in [6.07, 6.45) is 0. The number of carbonyl (C=O) groups excluding carboxylic acids is 1. The Morgan fingerprint density at radius 1 is 0.865 bits per heavy atom. The summed E-state index contributed by atoms with van der Waals surface area (Å²) in [4.78, 5) is 17.4. The number of aromatic nitrogens is 2. The van der Waals surface area contributed by atoms with Crippen molar-refractivity contribution in [2.45, 2.75) is 25.5 Å². The number of hydrazone groups is 1. The van der Waals surface area contributed by atoms with E-state index in [0.717, 1.165) is 33.0 Å². The molecule has 0 spiro atoms. The molecule has 1 amide bonds. The molecule has 0 saturated carbocycles. The molecule has 5 rings (SSSR count). The van der Waals surface area contributed by atoms with Gasteiger partial charge in [0.05, 0.1) is 29.0 Å². The zero-order valence-electron chi connectivity index (χ0n) is 20.9. The first-order valence-corrected chi connectivity index (χ1v) is 13.2. The van der Waals surface area contributed by atoms with Gasteiger partial charge in [-0.25, -0.2) is 10.4 Å². The molecular formula is C31H28N4OS. The Hall–Kier alpha value is -4.16. The maximum atomic E-state index is 12.6. The summed E-state index contributed by atoms with van der Waals surface area (Å²) in [6.45, 7) is 4.67. The number of rotatable bonds is 8. The Labute approximate surface area is 221 Å². The van der Waals surface area contributed by atoms with E-state index in [0.29, 0.717) is 6.54 Å². The van der Waals surface area contributed by atoms with Crippen LogP contribution < -0.4 is 5.43 Å². The monoisotopic (exact) mass is 504 g/mol. The van der Waals surface area contributed by atoms with Gasteiger partial charge in [-0.2, -0.15) is 5.10 Å². The summed E-state index contributed by atoms with van der Waals surface area (Å²) in [5.41, 5.74) is 11.1. The second kappa shape index (κ2) is 11.3. The molecule has 184 valence electrons. The van der Waals surface area contributed by atoms with E-state index in [1.165, 1.54) is 28.5 Å². The number of fused-ring (bicyclic) bond motifs is 1. The van der Waals surface area contributed by atoms with E-state index >= 15 is 0 Å². The van der Waals surface area contributed by atoms with E-state index in [-0.39, 0.29) is 11.7 Å². The molecule has 5 aromatic rings. The van der Waals surface area contributed by atoms with Crippen LogP contribution in [0.5, 0.6) is 0 Å². The van der Waals surface area contributed by atoms with Crippen molar-refractivity contribution in [3.63, 3.8) is 0 Å². The molecule has 0 saturated heterocycles. The lowest BCUT2D eigenvalue weighted by atomic mass is 10.0. The Morgan fingerprint density at radius 3 is 2.30 bits per heavy atom. The smallest absolute Gasteiger partial charge is 0.250 e. The van der Waals surface area contributed by atoms with Crippen molar-refractivity contribution in [3.8, 4) is 11.1 Å². The SMILES string of the molecule is C/C(=N\NC(=O)CSc1nc2ccccc2n1Cc1ccc(C)cc1)c1ccc(-c2ccccc2)cc1. The van der Waals surface area contributed by atoms with E-state index in [1.54, 1.807) is 0 Å². The normalized spacial score (nSPS) is 11.6. The van der Waals surface area contributed by atoms with E-state index in [4.69, 9.17) is 4.98 Å². The van der Waals surface area contributed by atoms with E-state index in [1.807, 2.05) is 55.5 Å². The third kappa shape index (κ3) is 5.98. The first kappa shape index (κ1) is 24.5. The van der Waals surface area contributed by atoms with Crippen LogP contribution in [-0.2, 0) is 11.3 Å². The number of thioether (sulfide) groups is 1. The van der Waals surface area contributed by atoms with Crippen LogP contribution in [0.2, 0.25) is 0 Å². The fraction of sp³-hybridized carbons (Fsp3) is 0.129. The molecule has 0 radical (unpaired) electrons. The van der Waals surface area contributed by atoms with Crippen molar-refractivity contribution in [1.29, 1.82) is 0 Å². The van der Waals surface area contributed by atoms with Crippen LogP contribution in [0.4, 0.5) is 0 Å². The molecule has 0 aliphatic heterocycles. The Bertz CT molecular complexity index is 1540. The molecule has 0 bridgehead atoms. The Kier molecular flexibility index (Phi) is 7.47. The molecule has 0 aliphatic rings. The van der Waals surface area contributed by atoms with Gasteiger partial charge in [-0.1, -0.05) is 108 Å². The summed E-state index contributed by atoms with van der Waals surface area (Å²) in [7, 11) is 0. The Balaban J connectivity index is 1.24. The highest BCUT2D eigenvalue weighted by Crippen LogP contribution is 2.25. The maximum absolute atomic E-state index is 12.6. The van der Waals surface area contributed by atoms with Crippen LogP contribution in [-0.4, -0.2) is 26.9 Å². The van der Waals surface area contributed by atoms with Crippen LogP contribution in [0.3, 0.4) is 0 Å². The minimum absolute atomic E-state index is 0.167. The molecule has 1 N–H and O–H groups in total. The largest absolute Gasteiger partial charge is 0.314 e. The lowest BCUT2D eigenvalue weighted by Gasteiger charge is -2.09. The van der Waals surface area contributed by atoms with E-state index < -0.39 is 0 Å². The molecule has 0 aliphatic carbocycles. The first-order valence-electron chi connectivity index (χ1n) is 12.2. The number of aryl methyl sites for hydroxylation is 1. The molecule has 4 aromatic carbocycles. The van der Waals surface area contributed by atoms with Crippen molar-refractivity contribution in [2.75, 3.05) is 5.75 Å². The minimum atomic E-state index is -0.167. The van der Waals surface area contributed by atoms with Crippen LogP contribution in [0.25, 0.3) is 22.2 Å². The molecule has 0 unspecified atom stereocenters.